The Kier molecular flexibility index (Phi) is 3.86. The smallest absolute Gasteiger partial charge is 0.326 e. The molecule has 0 spiro atoms. The number of carboxylic acid groups (broad SMARTS) is 1. The molecule has 0 bridgehead atoms. The van der Waals surface area contributed by atoms with E-state index in [1.165, 1.54) is 6.33 Å². The van der Waals surface area contributed by atoms with Crippen LogP contribution in [0.25, 0.3) is 0 Å². The van der Waals surface area contributed by atoms with Crippen molar-refractivity contribution in [3.63, 3.8) is 0 Å². The summed E-state index contributed by atoms with van der Waals surface area (Å²) in [5.41, 5.74) is 0.964. The number of anilines is 1. The normalized spacial score (nSPS) is 11.8. The second-order valence-corrected chi connectivity index (χ2v) is 3.82. The SMILES string of the molecule is O=C(O)C(Cc1ccccc1)Nc1ccncn1. The highest BCUT2D eigenvalue weighted by Gasteiger charge is 2.17. The Hall–Kier alpha value is -2.43. The lowest BCUT2D eigenvalue weighted by molar-refractivity contribution is -0.137. The third kappa shape index (κ3) is 3.28. The summed E-state index contributed by atoms with van der Waals surface area (Å²) < 4.78 is 0. The summed E-state index contributed by atoms with van der Waals surface area (Å²) in [7, 11) is 0. The molecule has 5 nitrogen and oxygen atoms in total. The number of rotatable bonds is 5. The van der Waals surface area contributed by atoms with Gasteiger partial charge in [-0.2, -0.15) is 0 Å². The molecule has 18 heavy (non-hydrogen) atoms. The largest absolute Gasteiger partial charge is 0.480 e. The van der Waals surface area contributed by atoms with Crippen molar-refractivity contribution in [3.8, 4) is 0 Å². The topological polar surface area (TPSA) is 75.1 Å². The summed E-state index contributed by atoms with van der Waals surface area (Å²) in [5.74, 6) is -0.397. The summed E-state index contributed by atoms with van der Waals surface area (Å²) in [6, 6.07) is 10.4. The lowest BCUT2D eigenvalue weighted by Gasteiger charge is -2.14. The zero-order valence-electron chi connectivity index (χ0n) is 9.65. The van der Waals surface area contributed by atoms with Crippen molar-refractivity contribution in [3.05, 3.63) is 54.5 Å². The fraction of sp³-hybridized carbons (Fsp3) is 0.154. The summed E-state index contributed by atoms with van der Waals surface area (Å²) in [6.45, 7) is 0. The third-order valence-corrected chi connectivity index (χ3v) is 2.48. The number of benzene rings is 1. The van der Waals surface area contributed by atoms with E-state index < -0.39 is 12.0 Å². The van der Waals surface area contributed by atoms with Crippen LogP contribution in [0.15, 0.2) is 48.9 Å². The van der Waals surface area contributed by atoms with Gasteiger partial charge in [-0.1, -0.05) is 30.3 Å². The maximum atomic E-state index is 11.2. The summed E-state index contributed by atoms with van der Waals surface area (Å²) in [5, 5.41) is 12.1. The first kappa shape index (κ1) is 12.0. The molecule has 0 aliphatic rings. The second kappa shape index (κ2) is 5.77. The minimum absolute atomic E-state index is 0.403. The average molecular weight is 243 g/mol. The lowest BCUT2D eigenvalue weighted by Crippen LogP contribution is -2.31. The summed E-state index contributed by atoms with van der Waals surface area (Å²) >= 11 is 0. The Morgan fingerprint density at radius 3 is 2.67 bits per heavy atom. The molecule has 0 fully saturated rings. The van der Waals surface area contributed by atoms with E-state index in [1.807, 2.05) is 30.3 Å². The highest BCUT2D eigenvalue weighted by molar-refractivity contribution is 5.77. The van der Waals surface area contributed by atoms with E-state index in [4.69, 9.17) is 0 Å². The first-order valence-corrected chi connectivity index (χ1v) is 5.55. The van der Waals surface area contributed by atoms with Crippen LogP contribution in [0.3, 0.4) is 0 Å². The Morgan fingerprint density at radius 1 is 1.28 bits per heavy atom. The van der Waals surface area contributed by atoms with E-state index in [9.17, 15) is 9.90 Å². The maximum absolute atomic E-state index is 11.2. The molecule has 1 aromatic carbocycles. The zero-order valence-corrected chi connectivity index (χ0v) is 9.65. The first-order valence-electron chi connectivity index (χ1n) is 5.55. The van der Waals surface area contributed by atoms with Crippen molar-refractivity contribution in [2.24, 2.45) is 0 Å². The van der Waals surface area contributed by atoms with Crippen LogP contribution in [-0.2, 0) is 11.2 Å². The quantitative estimate of drug-likeness (QED) is 0.834. The van der Waals surface area contributed by atoms with Gasteiger partial charge in [0, 0.05) is 12.6 Å². The predicted octanol–water partition coefficient (Wildman–Crippen LogP) is 1.58. The van der Waals surface area contributed by atoms with Crippen molar-refractivity contribution in [2.45, 2.75) is 12.5 Å². The molecule has 0 amide bonds. The van der Waals surface area contributed by atoms with E-state index in [1.54, 1.807) is 12.3 Å². The minimum atomic E-state index is -0.905. The first-order chi connectivity index (χ1) is 8.75. The van der Waals surface area contributed by atoms with Crippen molar-refractivity contribution >= 4 is 11.8 Å². The zero-order chi connectivity index (χ0) is 12.8. The standard InChI is InChI=1S/C13H13N3O2/c17-13(18)11(8-10-4-2-1-3-5-10)16-12-6-7-14-9-15-12/h1-7,9,11H,8H2,(H,17,18)(H,14,15,16). The molecule has 2 rings (SSSR count). The minimum Gasteiger partial charge on any atom is -0.480 e. The molecule has 5 heteroatoms. The van der Waals surface area contributed by atoms with Crippen molar-refractivity contribution in [2.75, 3.05) is 5.32 Å². The van der Waals surface area contributed by atoms with Gasteiger partial charge in [0.1, 0.15) is 18.2 Å². The molecule has 0 aliphatic carbocycles. The van der Waals surface area contributed by atoms with Gasteiger partial charge in [0.05, 0.1) is 0 Å². The number of carboxylic acids is 1. The van der Waals surface area contributed by atoms with E-state index in [2.05, 4.69) is 15.3 Å². The van der Waals surface area contributed by atoms with Gasteiger partial charge in [-0.05, 0) is 11.6 Å². The van der Waals surface area contributed by atoms with Crippen LogP contribution in [0.4, 0.5) is 5.82 Å². The summed E-state index contributed by atoms with van der Waals surface area (Å²) in [6.07, 6.45) is 3.35. The fourth-order valence-corrected chi connectivity index (χ4v) is 1.60. The van der Waals surface area contributed by atoms with Crippen LogP contribution in [0.5, 0.6) is 0 Å². The molecular weight excluding hydrogens is 230 g/mol. The monoisotopic (exact) mass is 243 g/mol. The molecular formula is C13H13N3O2. The van der Waals surface area contributed by atoms with Gasteiger partial charge in [-0.25, -0.2) is 14.8 Å². The number of nitrogens with zero attached hydrogens (tertiary/aromatic N) is 2. The second-order valence-electron chi connectivity index (χ2n) is 3.82. The molecule has 0 saturated heterocycles. The Labute approximate surface area is 105 Å². The van der Waals surface area contributed by atoms with Gasteiger partial charge < -0.3 is 10.4 Å². The maximum Gasteiger partial charge on any atom is 0.326 e. The lowest BCUT2D eigenvalue weighted by atomic mass is 10.1. The molecule has 1 aromatic heterocycles. The third-order valence-electron chi connectivity index (χ3n) is 2.48. The van der Waals surface area contributed by atoms with Crippen molar-refractivity contribution in [1.29, 1.82) is 0 Å². The molecule has 92 valence electrons. The van der Waals surface area contributed by atoms with Crippen molar-refractivity contribution in [1.82, 2.24) is 9.97 Å². The molecule has 1 unspecified atom stereocenters. The van der Waals surface area contributed by atoms with Crippen LogP contribution < -0.4 is 5.32 Å². The van der Waals surface area contributed by atoms with Crippen LogP contribution in [-0.4, -0.2) is 27.1 Å². The highest BCUT2D eigenvalue weighted by atomic mass is 16.4. The van der Waals surface area contributed by atoms with Gasteiger partial charge in [0.25, 0.3) is 0 Å². The predicted molar refractivity (Wildman–Crippen MR) is 67.2 cm³/mol. The van der Waals surface area contributed by atoms with Gasteiger partial charge in [-0.3, -0.25) is 0 Å². The molecule has 0 radical (unpaired) electrons. The number of aromatic nitrogens is 2. The number of aliphatic carboxylic acids is 1. The van der Waals surface area contributed by atoms with Crippen LogP contribution in [0.2, 0.25) is 0 Å². The number of hydrogen-bond acceptors (Lipinski definition) is 4. The molecule has 0 aliphatic heterocycles. The number of carbonyl (C=O) groups is 1. The molecule has 0 saturated carbocycles. The van der Waals surface area contributed by atoms with Crippen LogP contribution in [0, 0.1) is 0 Å². The molecule has 1 atom stereocenters. The Balaban J connectivity index is 2.08. The Bertz CT molecular complexity index is 461. The number of nitrogens with one attached hydrogen (secondary N) is 1. The molecule has 2 N–H and O–H groups in total. The van der Waals surface area contributed by atoms with Crippen LogP contribution >= 0.6 is 0 Å². The van der Waals surface area contributed by atoms with E-state index >= 15 is 0 Å². The molecule has 1 heterocycles. The molecule has 2 aromatic rings. The van der Waals surface area contributed by atoms with Crippen molar-refractivity contribution < 1.29 is 9.90 Å². The van der Waals surface area contributed by atoms with Gasteiger partial charge in [-0.15, -0.1) is 0 Å². The van der Waals surface area contributed by atoms with E-state index in [-0.39, 0.29) is 0 Å². The number of hydrogen-bond donors (Lipinski definition) is 2. The van der Waals surface area contributed by atoms with Gasteiger partial charge in [0.2, 0.25) is 0 Å². The highest BCUT2D eigenvalue weighted by Crippen LogP contribution is 2.08. The van der Waals surface area contributed by atoms with E-state index in [0.717, 1.165) is 5.56 Å². The summed E-state index contributed by atoms with van der Waals surface area (Å²) in [4.78, 5) is 18.9. The van der Waals surface area contributed by atoms with E-state index in [0.29, 0.717) is 12.2 Å². The van der Waals surface area contributed by atoms with Crippen LogP contribution in [0.1, 0.15) is 5.56 Å². The van der Waals surface area contributed by atoms with Gasteiger partial charge >= 0.3 is 5.97 Å². The fourth-order valence-electron chi connectivity index (χ4n) is 1.60. The van der Waals surface area contributed by atoms with Gasteiger partial charge in [0.15, 0.2) is 0 Å². The average Bonchev–Trinajstić information content (AvgIpc) is 2.40. The Morgan fingerprint density at radius 2 is 2.06 bits per heavy atom.